The zero-order valence-corrected chi connectivity index (χ0v) is 10.5. The summed E-state index contributed by atoms with van der Waals surface area (Å²) in [6.45, 7) is 4.40. The third-order valence-corrected chi connectivity index (χ3v) is 3.31. The highest BCUT2D eigenvalue weighted by Gasteiger charge is 2.31. The number of hydrogen-bond acceptors (Lipinski definition) is 3. The van der Waals surface area contributed by atoms with Crippen LogP contribution in [0.3, 0.4) is 0 Å². The first kappa shape index (κ1) is 12.6. The molecule has 0 saturated carbocycles. The molecule has 1 aliphatic rings. The summed E-state index contributed by atoms with van der Waals surface area (Å²) in [6, 6.07) is 3.55. The number of anilines is 1. The molecule has 0 fully saturated rings. The quantitative estimate of drug-likeness (QED) is 0.734. The lowest BCUT2D eigenvalue weighted by molar-refractivity contribution is -0.119. The van der Waals surface area contributed by atoms with Crippen molar-refractivity contribution in [1.29, 1.82) is 0 Å². The zero-order valence-electron chi connectivity index (χ0n) is 10.5. The number of rotatable bonds is 4. The van der Waals surface area contributed by atoms with Crippen LogP contribution in [0.15, 0.2) is 12.1 Å². The van der Waals surface area contributed by atoms with Gasteiger partial charge in [0.25, 0.3) is 0 Å². The molecule has 1 unspecified atom stereocenters. The lowest BCUT2D eigenvalue weighted by Gasteiger charge is -2.11. The Morgan fingerprint density at radius 3 is 2.83 bits per heavy atom. The number of nitrogens with one attached hydrogen (secondary N) is 2. The summed E-state index contributed by atoms with van der Waals surface area (Å²) in [5.41, 5.74) is 9.12. The highest BCUT2D eigenvalue weighted by Crippen LogP contribution is 2.34. The molecule has 96 valence electrons. The van der Waals surface area contributed by atoms with Crippen molar-refractivity contribution in [3.8, 4) is 0 Å². The van der Waals surface area contributed by atoms with E-state index in [4.69, 9.17) is 5.73 Å². The van der Waals surface area contributed by atoms with E-state index in [1.807, 2.05) is 26.0 Å². The lowest BCUT2D eigenvalue weighted by atomic mass is 10.0. The normalized spacial score (nSPS) is 17.4. The third-order valence-electron chi connectivity index (χ3n) is 3.31. The van der Waals surface area contributed by atoms with Crippen molar-refractivity contribution in [2.24, 2.45) is 5.73 Å². The first-order chi connectivity index (χ1) is 8.50. The first-order valence-corrected chi connectivity index (χ1v) is 5.93. The van der Waals surface area contributed by atoms with Gasteiger partial charge in [-0.25, -0.2) is 0 Å². The van der Waals surface area contributed by atoms with Crippen LogP contribution in [0.4, 0.5) is 5.69 Å². The van der Waals surface area contributed by atoms with Crippen molar-refractivity contribution >= 4 is 17.5 Å². The summed E-state index contributed by atoms with van der Waals surface area (Å²) >= 11 is 0. The van der Waals surface area contributed by atoms with E-state index in [9.17, 15) is 9.59 Å². The fraction of sp³-hybridized carbons (Fsp3) is 0.385. The zero-order chi connectivity index (χ0) is 13.3. The molecule has 4 N–H and O–H groups in total. The van der Waals surface area contributed by atoms with Gasteiger partial charge < -0.3 is 16.4 Å². The maximum atomic E-state index is 11.9. The minimum atomic E-state index is -0.390. The SMILES string of the molecule is Cc1ccc2c(c1C)NC(=O)C2NCCC(N)=O. The van der Waals surface area contributed by atoms with Gasteiger partial charge in [-0.1, -0.05) is 12.1 Å². The lowest BCUT2D eigenvalue weighted by Crippen LogP contribution is -2.30. The Morgan fingerprint density at radius 1 is 1.44 bits per heavy atom. The van der Waals surface area contributed by atoms with Gasteiger partial charge in [-0.2, -0.15) is 0 Å². The molecular weight excluding hydrogens is 230 g/mol. The Bertz CT molecular complexity index is 511. The molecule has 5 heteroatoms. The van der Waals surface area contributed by atoms with Gasteiger partial charge in [0.05, 0.1) is 0 Å². The summed E-state index contributed by atoms with van der Waals surface area (Å²) in [6.07, 6.45) is 0.226. The van der Waals surface area contributed by atoms with E-state index in [-0.39, 0.29) is 18.2 Å². The maximum Gasteiger partial charge on any atom is 0.246 e. The number of primary amides is 1. The summed E-state index contributed by atoms with van der Waals surface area (Å²) in [5, 5.41) is 5.93. The Balaban J connectivity index is 2.18. The second kappa shape index (κ2) is 4.78. The summed E-state index contributed by atoms with van der Waals surface area (Å²) in [4.78, 5) is 22.6. The Hall–Kier alpha value is -1.88. The molecule has 0 aromatic heterocycles. The van der Waals surface area contributed by atoms with E-state index >= 15 is 0 Å². The van der Waals surface area contributed by atoms with Crippen LogP contribution in [0.25, 0.3) is 0 Å². The molecule has 1 aromatic carbocycles. The first-order valence-electron chi connectivity index (χ1n) is 5.93. The Labute approximate surface area is 106 Å². The maximum absolute atomic E-state index is 11.9. The van der Waals surface area contributed by atoms with Gasteiger partial charge in [-0.15, -0.1) is 0 Å². The van der Waals surface area contributed by atoms with Gasteiger partial charge in [0.15, 0.2) is 0 Å². The molecule has 1 heterocycles. The molecule has 0 bridgehead atoms. The number of amides is 2. The topological polar surface area (TPSA) is 84.2 Å². The molecule has 2 amide bonds. The highest BCUT2D eigenvalue weighted by molar-refractivity contribution is 6.03. The molecule has 5 nitrogen and oxygen atoms in total. The van der Waals surface area contributed by atoms with E-state index in [2.05, 4.69) is 10.6 Å². The van der Waals surface area contributed by atoms with Crippen LogP contribution < -0.4 is 16.4 Å². The van der Waals surface area contributed by atoms with E-state index in [0.717, 1.165) is 22.4 Å². The van der Waals surface area contributed by atoms with Crippen LogP contribution in [-0.4, -0.2) is 18.4 Å². The standard InChI is InChI=1S/C13H17N3O2/c1-7-3-4-9-11(8(7)2)16-13(18)12(9)15-6-5-10(14)17/h3-4,12,15H,5-6H2,1-2H3,(H2,14,17)(H,16,18). The number of carbonyl (C=O) groups excluding carboxylic acids is 2. The van der Waals surface area contributed by atoms with Crippen LogP contribution >= 0.6 is 0 Å². The van der Waals surface area contributed by atoms with Crippen LogP contribution in [-0.2, 0) is 9.59 Å². The average molecular weight is 247 g/mol. The average Bonchev–Trinajstić information content (AvgIpc) is 2.62. The second-order valence-corrected chi connectivity index (χ2v) is 4.56. The molecule has 2 rings (SSSR count). The van der Waals surface area contributed by atoms with Gasteiger partial charge in [-0.05, 0) is 25.0 Å². The van der Waals surface area contributed by atoms with Crippen LogP contribution in [0.2, 0.25) is 0 Å². The second-order valence-electron chi connectivity index (χ2n) is 4.56. The van der Waals surface area contributed by atoms with Crippen molar-refractivity contribution in [3.63, 3.8) is 0 Å². The molecule has 18 heavy (non-hydrogen) atoms. The van der Waals surface area contributed by atoms with E-state index < -0.39 is 6.04 Å². The molecule has 1 aromatic rings. The fourth-order valence-electron chi connectivity index (χ4n) is 2.12. The predicted octanol–water partition coefficient (Wildman–Crippen LogP) is 0.762. The Morgan fingerprint density at radius 2 is 2.17 bits per heavy atom. The van der Waals surface area contributed by atoms with Crippen LogP contribution in [0.1, 0.15) is 29.2 Å². The van der Waals surface area contributed by atoms with Crippen molar-refractivity contribution in [2.75, 3.05) is 11.9 Å². The van der Waals surface area contributed by atoms with Gasteiger partial charge in [-0.3, -0.25) is 9.59 Å². The minimum absolute atomic E-state index is 0.0804. The number of nitrogens with two attached hydrogens (primary N) is 1. The number of aryl methyl sites for hydroxylation is 1. The van der Waals surface area contributed by atoms with Crippen LogP contribution in [0, 0.1) is 13.8 Å². The predicted molar refractivity (Wildman–Crippen MR) is 69.1 cm³/mol. The summed E-state index contributed by atoms with van der Waals surface area (Å²) < 4.78 is 0. The number of benzene rings is 1. The van der Waals surface area contributed by atoms with Crippen molar-refractivity contribution in [1.82, 2.24) is 5.32 Å². The van der Waals surface area contributed by atoms with Gasteiger partial charge in [0, 0.05) is 24.2 Å². The van der Waals surface area contributed by atoms with E-state index in [1.54, 1.807) is 0 Å². The molecule has 0 aliphatic carbocycles. The van der Waals surface area contributed by atoms with Crippen molar-refractivity contribution in [3.05, 3.63) is 28.8 Å². The smallest absolute Gasteiger partial charge is 0.246 e. The Kier molecular flexibility index (Phi) is 3.34. The van der Waals surface area contributed by atoms with Crippen molar-refractivity contribution in [2.45, 2.75) is 26.3 Å². The summed E-state index contributed by atoms with van der Waals surface area (Å²) in [7, 11) is 0. The third kappa shape index (κ3) is 2.22. The number of hydrogen-bond donors (Lipinski definition) is 3. The van der Waals surface area contributed by atoms with Gasteiger partial charge >= 0.3 is 0 Å². The summed E-state index contributed by atoms with van der Waals surface area (Å²) in [5.74, 6) is -0.454. The molecule has 0 spiro atoms. The van der Waals surface area contributed by atoms with E-state index in [1.165, 1.54) is 0 Å². The van der Waals surface area contributed by atoms with Gasteiger partial charge in [0.2, 0.25) is 11.8 Å². The molecule has 0 saturated heterocycles. The fourth-order valence-corrected chi connectivity index (χ4v) is 2.12. The molecule has 1 aliphatic heterocycles. The highest BCUT2D eigenvalue weighted by atomic mass is 16.2. The monoisotopic (exact) mass is 247 g/mol. The molecule has 1 atom stereocenters. The minimum Gasteiger partial charge on any atom is -0.370 e. The molecule has 0 radical (unpaired) electrons. The number of fused-ring (bicyclic) bond motifs is 1. The molecular formula is C13H17N3O2. The van der Waals surface area contributed by atoms with Gasteiger partial charge in [0.1, 0.15) is 6.04 Å². The largest absolute Gasteiger partial charge is 0.370 e. The van der Waals surface area contributed by atoms with Crippen LogP contribution in [0.5, 0.6) is 0 Å². The van der Waals surface area contributed by atoms with Crippen molar-refractivity contribution < 1.29 is 9.59 Å². The van der Waals surface area contributed by atoms with E-state index in [0.29, 0.717) is 6.54 Å². The number of carbonyl (C=O) groups is 2.